The van der Waals surface area contributed by atoms with E-state index in [0.717, 1.165) is 34.6 Å². The molecule has 19 heavy (non-hydrogen) atoms. The van der Waals surface area contributed by atoms with E-state index >= 15 is 0 Å². The van der Waals surface area contributed by atoms with Crippen molar-refractivity contribution < 1.29 is 4.39 Å². The zero-order valence-corrected chi connectivity index (χ0v) is 13.7. The molecule has 106 valence electrons. The van der Waals surface area contributed by atoms with Gasteiger partial charge in [-0.3, -0.25) is 4.90 Å². The lowest BCUT2D eigenvalue weighted by atomic mass is 9.98. The Kier molecular flexibility index (Phi) is 5.69. The van der Waals surface area contributed by atoms with Crippen LogP contribution in [0.15, 0.2) is 22.7 Å². The van der Waals surface area contributed by atoms with Crippen molar-refractivity contribution in [3.05, 3.63) is 34.1 Å². The van der Waals surface area contributed by atoms with Gasteiger partial charge < -0.3 is 5.32 Å². The fourth-order valence-electron chi connectivity index (χ4n) is 2.48. The summed E-state index contributed by atoms with van der Waals surface area (Å²) in [6, 6.07) is 5.57. The minimum Gasteiger partial charge on any atom is -0.309 e. The topological polar surface area (TPSA) is 15.3 Å². The molecular weight excluding hydrogens is 327 g/mol. The first-order valence-electron chi connectivity index (χ1n) is 6.59. The van der Waals surface area contributed by atoms with E-state index < -0.39 is 0 Å². The summed E-state index contributed by atoms with van der Waals surface area (Å²) in [5.74, 6) is 2.07. The maximum Gasteiger partial charge on any atom is 0.128 e. The van der Waals surface area contributed by atoms with Crippen LogP contribution in [0, 0.1) is 5.82 Å². The number of hydrogen-bond acceptors (Lipinski definition) is 3. The molecule has 1 saturated heterocycles. The van der Waals surface area contributed by atoms with Gasteiger partial charge in [0.15, 0.2) is 0 Å². The number of nitrogens with zero attached hydrogens (tertiary/aromatic N) is 1. The summed E-state index contributed by atoms with van der Waals surface area (Å²) in [5.41, 5.74) is 0.760. The number of hydrogen-bond donors (Lipinski definition) is 1. The Bertz CT molecular complexity index is 430. The number of likely N-dealkylation sites (N-methyl/N-ethyl adjacent to an activating group) is 2. The molecule has 1 aliphatic rings. The van der Waals surface area contributed by atoms with E-state index in [1.807, 2.05) is 17.8 Å². The third kappa shape index (κ3) is 3.72. The van der Waals surface area contributed by atoms with Crippen molar-refractivity contribution in [3.8, 4) is 0 Å². The molecule has 0 radical (unpaired) electrons. The monoisotopic (exact) mass is 346 g/mol. The minimum atomic E-state index is -0.127. The third-order valence-corrected chi connectivity index (χ3v) is 5.09. The summed E-state index contributed by atoms with van der Waals surface area (Å²) < 4.78 is 15.1. The zero-order valence-electron chi connectivity index (χ0n) is 11.3. The van der Waals surface area contributed by atoms with E-state index in [-0.39, 0.29) is 11.9 Å². The molecule has 0 bridgehead atoms. The number of benzene rings is 1. The molecule has 1 aromatic rings. The molecule has 1 fully saturated rings. The van der Waals surface area contributed by atoms with Crippen LogP contribution in [0.3, 0.4) is 0 Å². The third-order valence-electron chi connectivity index (χ3n) is 3.55. The highest BCUT2D eigenvalue weighted by Crippen LogP contribution is 2.30. The minimum absolute atomic E-state index is 0.0419. The van der Waals surface area contributed by atoms with Gasteiger partial charge in [0, 0.05) is 34.1 Å². The molecule has 0 aliphatic carbocycles. The summed E-state index contributed by atoms with van der Waals surface area (Å²) in [6.07, 6.45) is 0. The molecule has 1 heterocycles. The van der Waals surface area contributed by atoms with E-state index in [1.165, 1.54) is 0 Å². The fraction of sp³-hybridized carbons (Fsp3) is 0.571. The van der Waals surface area contributed by atoms with Gasteiger partial charge in [-0.2, -0.15) is 11.8 Å². The molecule has 2 atom stereocenters. The summed E-state index contributed by atoms with van der Waals surface area (Å²) in [4.78, 5) is 2.34. The van der Waals surface area contributed by atoms with E-state index in [4.69, 9.17) is 0 Å². The second-order valence-corrected chi connectivity index (χ2v) is 6.89. The Balaban J connectivity index is 2.30. The summed E-state index contributed by atoms with van der Waals surface area (Å²) in [6.45, 7) is 3.97. The Hall–Kier alpha value is -0.100. The van der Waals surface area contributed by atoms with Gasteiger partial charge in [0.05, 0.1) is 6.04 Å². The number of halogens is 2. The summed E-state index contributed by atoms with van der Waals surface area (Å²) >= 11 is 5.39. The summed E-state index contributed by atoms with van der Waals surface area (Å²) in [5, 5.41) is 3.45. The van der Waals surface area contributed by atoms with Crippen LogP contribution in [0.5, 0.6) is 0 Å². The van der Waals surface area contributed by atoms with E-state index in [1.54, 1.807) is 12.1 Å². The molecule has 2 rings (SSSR count). The van der Waals surface area contributed by atoms with Gasteiger partial charge in [-0.05, 0) is 31.8 Å². The van der Waals surface area contributed by atoms with Gasteiger partial charge >= 0.3 is 0 Å². The maximum absolute atomic E-state index is 14.1. The molecule has 1 aliphatic heterocycles. The van der Waals surface area contributed by atoms with Crippen LogP contribution in [0.4, 0.5) is 4.39 Å². The number of thioether (sulfide) groups is 1. The second kappa shape index (κ2) is 7.07. The molecular formula is C14H20BrFN2S. The van der Waals surface area contributed by atoms with Crippen LogP contribution in [-0.4, -0.2) is 42.6 Å². The molecule has 1 aromatic carbocycles. The highest BCUT2D eigenvalue weighted by atomic mass is 79.9. The molecule has 1 N–H and O–H groups in total. The van der Waals surface area contributed by atoms with Crippen molar-refractivity contribution in [1.29, 1.82) is 0 Å². The smallest absolute Gasteiger partial charge is 0.128 e. The number of nitrogens with one attached hydrogen (secondary N) is 1. The van der Waals surface area contributed by atoms with Crippen LogP contribution < -0.4 is 5.32 Å². The largest absolute Gasteiger partial charge is 0.309 e. The quantitative estimate of drug-likeness (QED) is 0.900. The highest BCUT2D eigenvalue weighted by Gasteiger charge is 2.30. The first-order valence-corrected chi connectivity index (χ1v) is 8.54. The maximum atomic E-state index is 14.1. The molecule has 0 saturated carbocycles. The molecule has 2 unspecified atom stereocenters. The lowest BCUT2D eigenvalue weighted by Crippen LogP contribution is -2.48. The Morgan fingerprint density at radius 1 is 1.58 bits per heavy atom. The van der Waals surface area contributed by atoms with Gasteiger partial charge in [-0.15, -0.1) is 0 Å². The lowest BCUT2D eigenvalue weighted by molar-refractivity contribution is 0.214. The van der Waals surface area contributed by atoms with Crippen molar-refractivity contribution in [2.24, 2.45) is 0 Å². The van der Waals surface area contributed by atoms with Crippen molar-refractivity contribution in [2.45, 2.75) is 19.0 Å². The lowest BCUT2D eigenvalue weighted by Gasteiger charge is -2.38. The molecule has 2 nitrogen and oxygen atoms in total. The average molecular weight is 347 g/mol. The summed E-state index contributed by atoms with van der Waals surface area (Å²) in [7, 11) is 2.13. The molecule has 0 aromatic heterocycles. The molecule has 0 spiro atoms. The van der Waals surface area contributed by atoms with E-state index in [0.29, 0.717) is 6.04 Å². The van der Waals surface area contributed by atoms with Crippen LogP contribution >= 0.6 is 27.7 Å². The van der Waals surface area contributed by atoms with Crippen LogP contribution in [0.1, 0.15) is 18.5 Å². The van der Waals surface area contributed by atoms with E-state index in [9.17, 15) is 4.39 Å². The Labute approximate surface area is 127 Å². The van der Waals surface area contributed by atoms with Gasteiger partial charge in [0.25, 0.3) is 0 Å². The average Bonchev–Trinajstić information content (AvgIpc) is 2.40. The highest BCUT2D eigenvalue weighted by molar-refractivity contribution is 9.10. The molecule has 0 amide bonds. The van der Waals surface area contributed by atoms with Crippen LogP contribution in [0.25, 0.3) is 0 Å². The fourth-order valence-corrected chi connectivity index (χ4v) is 4.13. The Morgan fingerprint density at radius 2 is 2.37 bits per heavy atom. The second-order valence-electron chi connectivity index (χ2n) is 4.82. The first-order chi connectivity index (χ1) is 9.13. The van der Waals surface area contributed by atoms with Crippen molar-refractivity contribution in [1.82, 2.24) is 10.2 Å². The molecule has 5 heteroatoms. The van der Waals surface area contributed by atoms with Gasteiger partial charge in [0.1, 0.15) is 5.82 Å². The zero-order chi connectivity index (χ0) is 13.8. The van der Waals surface area contributed by atoms with Gasteiger partial charge in [0.2, 0.25) is 0 Å². The van der Waals surface area contributed by atoms with Crippen molar-refractivity contribution in [2.75, 3.05) is 31.6 Å². The van der Waals surface area contributed by atoms with Gasteiger partial charge in [-0.25, -0.2) is 4.39 Å². The first kappa shape index (κ1) is 15.3. The van der Waals surface area contributed by atoms with Crippen LogP contribution in [-0.2, 0) is 0 Å². The normalized spacial score (nSPS) is 22.4. The van der Waals surface area contributed by atoms with Crippen LogP contribution in [0.2, 0.25) is 0 Å². The Morgan fingerprint density at radius 3 is 3.05 bits per heavy atom. The van der Waals surface area contributed by atoms with E-state index in [2.05, 4.69) is 40.1 Å². The SMILES string of the molecule is CCNC(c1cc(Br)ccc1F)C1CSCCN1C. The van der Waals surface area contributed by atoms with Crippen molar-refractivity contribution in [3.63, 3.8) is 0 Å². The van der Waals surface area contributed by atoms with Crippen molar-refractivity contribution >= 4 is 27.7 Å². The predicted octanol–water partition coefficient (Wildman–Crippen LogP) is 3.29. The number of rotatable bonds is 4. The standard InChI is InChI=1S/C14H20BrFN2S/c1-3-17-14(13-9-19-7-6-18(13)2)11-8-10(15)4-5-12(11)16/h4-5,8,13-14,17H,3,6-7,9H2,1-2H3. The predicted molar refractivity (Wildman–Crippen MR) is 84.3 cm³/mol. The van der Waals surface area contributed by atoms with Gasteiger partial charge in [-0.1, -0.05) is 22.9 Å².